The fraction of sp³-hybridized carbons (Fsp3) is 0.136. The van der Waals surface area contributed by atoms with Gasteiger partial charge in [0.05, 0.1) is 15.5 Å². The minimum absolute atomic E-state index is 0.122. The number of nitrogens with one attached hydrogen (secondary N) is 2. The van der Waals surface area contributed by atoms with Gasteiger partial charge >= 0.3 is 0 Å². The molecule has 10 heteroatoms. The third kappa shape index (κ3) is 6.56. The Bertz CT molecular complexity index is 1190. The van der Waals surface area contributed by atoms with Crippen LogP contribution in [0.2, 0.25) is 15.1 Å². The van der Waals surface area contributed by atoms with E-state index in [1.165, 1.54) is 30.3 Å². The number of carbonyl (C=O) groups is 1. The Labute approximate surface area is 206 Å². The Morgan fingerprint density at radius 1 is 0.875 bits per heavy atom. The highest BCUT2D eigenvalue weighted by molar-refractivity contribution is 7.98. The molecule has 0 spiro atoms. The van der Waals surface area contributed by atoms with Crippen LogP contribution in [0, 0.1) is 0 Å². The van der Waals surface area contributed by atoms with Gasteiger partial charge in [-0.25, -0.2) is 8.42 Å². The van der Waals surface area contributed by atoms with Gasteiger partial charge in [-0.1, -0.05) is 59.1 Å². The summed E-state index contributed by atoms with van der Waals surface area (Å²) in [5, 5.41) is 4.23. The van der Waals surface area contributed by atoms with Crippen LogP contribution in [-0.2, 0) is 15.8 Å². The molecule has 0 aliphatic rings. The number of sulfonamides is 1. The number of benzene rings is 3. The van der Waals surface area contributed by atoms with E-state index in [0.29, 0.717) is 28.1 Å². The van der Waals surface area contributed by atoms with E-state index in [4.69, 9.17) is 34.8 Å². The third-order valence-electron chi connectivity index (χ3n) is 4.36. The van der Waals surface area contributed by atoms with Crippen molar-refractivity contribution >= 4 is 68.2 Å². The highest BCUT2D eigenvalue weighted by Crippen LogP contribution is 2.28. The summed E-state index contributed by atoms with van der Waals surface area (Å²) >= 11 is 20.1. The second kappa shape index (κ2) is 11.3. The number of amides is 1. The maximum atomic E-state index is 12.6. The van der Waals surface area contributed by atoms with Crippen molar-refractivity contribution in [3.05, 3.63) is 92.9 Å². The maximum Gasteiger partial charge on any atom is 0.261 e. The van der Waals surface area contributed by atoms with Gasteiger partial charge in [0.25, 0.3) is 15.9 Å². The summed E-state index contributed by atoms with van der Waals surface area (Å²) in [5.41, 5.74) is 1.28. The monoisotopic (exact) mass is 528 g/mol. The number of hydrogen-bond donors (Lipinski definition) is 2. The smallest absolute Gasteiger partial charge is 0.261 e. The first-order valence-corrected chi connectivity index (χ1v) is 13.2. The summed E-state index contributed by atoms with van der Waals surface area (Å²) in [4.78, 5) is 12.7. The van der Waals surface area contributed by atoms with Gasteiger partial charge in [0.2, 0.25) is 0 Å². The van der Waals surface area contributed by atoms with Crippen molar-refractivity contribution in [1.82, 2.24) is 5.32 Å². The highest BCUT2D eigenvalue weighted by Gasteiger charge is 2.16. The highest BCUT2D eigenvalue weighted by atomic mass is 35.5. The molecule has 0 unspecified atom stereocenters. The molecular weight excluding hydrogens is 511 g/mol. The molecule has 5 nitrogen and oxygen atoms in total. The van der Waals surface area contributed by atoms with E-state index in [-0.39, 0.29) is 21.2 Å². The lowest BCUT2D eigenvalue weighted by Gasteiger charge is -2.11. The van der Waals surface area contributed by atoms with Crippen molar-refractivity contribution in [1.29, 1.82) is 0 Å². The normalized spacial score (nSPS) is 11.2. The summed E-state index contributed by atoms with van der Waals surface area (Å²) in [5.74, 6) is 0.851. The van der Waals surface area contributed by atoms with Gasteiger partial charge in [-0.3, -0.25) is 9.52 Å². The second-order valence-electron chi connectivity index (χ2n) is 6.62. The lowest BCUT2D eigenvalue weighted by atomic mass is 10.2. The molecule has 0 saturated heterocycles. The number of anilines is 1. The third-order valence-corrected chi connectivity index (χ3v) is 7.78. The Kier molecular flexibility index (Phi) is 8.73. The van der Waals surface area contributed by atoms with Gasteiger partial charge in [-0.15, -0.1) is 0 Å². The molecule has 2 N–H and O–H groups in total. The molecule has 0 radical (unpaired) electrons. The molecule has 0 aromatic heterocycles. The van der Waals surface area contributed by atoms with Crippen molar-refractivity contribution in [3.63, 3.8) is 0 Å². The molecule has 3 aromatic rings. The number of rotatable bonds is 9. The summed E-state index contributed by atoms with van der Waals surface area (Å²) in [7, 11) is -3.78. The van der Waals surface area contributed by atoms with E-state index in [9.17, 15) is 13.2 Å². The van der Waals surface area contributed by atoms with Gasteiger partial charge < -0.3 is 5.32 Å². The van der Waals surface area contributed by atoms with Crippen LogP contribution in [0.5, 0.6) is 0 Å². The first-order chi connectivity index (χ1) is 15.3. The first-order valence-electron chi connectivity index (χ1n) is 9.44. The molecule has 0 atom stereocenters. The van der Waals surface area contributed by atoms with Crippen LogP contribution >= 0.6 is 46.6 Å². The zero-order valence-corrected chi connectivity index (χ0v) is 20.5. The van der Waals surface area contributed by atoms with E-state index in [0.717, 1.165) is 5.56 Å². The lowest BCUT2D eigenvalue weighted by molar-refractivity contribution is 0.0956. The van der Waals surface area contributed by atoms with Gasteiger partial charge in [-0.2, -0.15) is 11.8 Å². The maximum absolute atomic E-state index is 12.6. The molecule has 168 valence electrons. The number of hydrogen-bond acceptors (Lipinski definition) is 4. The molecule has 32 heavy (non-hydrogen) atoms. The van der Waals surface area contributed by atoms with Crippen LogP contribution < -0.4 is 10.0 Å². The van der Waals surface area contributed by atoms with Crippen molar-refractivity contribution in [2.75, 3.05) is 17.0 Å². The molecule has 1 amide bonds. The molecule has 0 fully saturated rings. The zero-order chi connectivity index (χ0) is 23.1. The summed E-state index contributed by atoms with van der Waals surface area (Å²) in [6.07, 6.45) is 0. The Morgan fingerprint density at radius 3 is 2.25 bits per heavy atom. The summed E-state index contributed by atoms with van der Waals surface area (Å²) in [6, 6.07) is 17.7. The molecular formula is C22H19Cl3N2O3S2. The van der Waals surface area contributed by atoms with E-state index in [1.54, 1.807) is 48.2 Å². The van der Waals surface area contributed by atoms with Gasteiger partial charge in [-0.05, 0) is 48.0 Å². The fourth-order valence-corrected chi connectivity index (χ4v) is 5.62. The summed E-state index contributed by atoms with van der Waals surface area (Å²) < 4.78 is 27.5. The van der Waals surface area contributed by atoms with Crippen molar-refractivity contribution in [3.8, 4) is 0 Å². The van der Waals surface area contributed by atoms with E-state index in [1.807, 2.05) is 0 Å². The lowest BCUT2D eigenvalue weighted by Crippen LogP contribution is -2.26. The Balaban J connectivity index is 1.57. The molecule has 0 bridgehead atoms. The predicted octanol–water partition coefficient (Wildman–Crippen LogP) is 6.11. The van der Waals surface area contributed by atoms with E-state index < -0.39 is 15.9 Å². The van der Waals surface area contributed by atoms with Gasteiger partial charge in [0.15, 0.2) is 0 Å². The van der Waals surface area contributed by atoms with Crippen LogP contribution in [-0.4, -0.2) is 26.6 Å². The summed E-state index contributed by atoms with van der Waals surface area (Å²) in [6.45, 7) is 0.391. The SMILES string of the molecule is O=C(NCCSCc1c(Cl)cccc1Cl)c1cc(NS(=O)(=O)c2ccccc2)ccc1Cl. The average Bonchev–Trinajstić information content (AvgIpc) is 2.77. The molecule has 3 rings (SSSR count). The van der Waals surface area contributed by atoms with Crippen LogP contribution in [0.3, 0.4) is 0 Å². The quantitative estimate of drug-likeness (QED) is 0.328. The largest absolute Gasteiger partial charge is 0.351 e. The minimum Gasteiger partial charge on any atom is -0.351 e. The molecule has 0 heterocycles. The van der Waals surface area contributed by atoms with E-state index in [2.05, 4.69) is 10.0 Å². The average molecular weight is 530 g/mol. The Morgan fingerprint density at radius 2 is 1.56 bits per heavy atom. The van der Waals surface area contributed by atoms with Gasteiger partial charge in [0, 0.05) is 33.8 Å². The van der Waals surface area contributed by atoms with Crippen molar-refractivity contribution in [2.24, 2.45) is 0 Å². The predicted molar refractivity (Wildman–Crippen MR) is 134 cm³/mol. The number of halogens is 3. The van der Waals surface area contributed by atoms with Crippen LogP contribution in [0.15, 0.2) is 71.6 Å². The van der Waals surface area contributed by atoms with Crippen LogP contribution in [0.25, 0.3) is 0 Å². The zero-order valence-electron chi connectivity index (χ0n) is 16.6. The van der Waals surface area contributed by atoms with Crippen LogP contribution in [0.4, 0.5) is 5.69 Å². The van der Waals surface area contributed by atoms with Crippen molar-refractivity contribution in [2.45, 2.75) is 10.6 Å². The van der Waals surface area contributed by atoms with E-state index >= 15 is 0 Å². The molecule has 0 aliphatic heterocycles. The number of carbonyl (C=O) groups excluding carboxylic acids is 1. The van der Waals surface area contributed by atoms with Crippen molar-refractivity contribution < 1.29 is 13.2 Å². The number of thioether (sulfide) groups is 1. The van der Waals surface area contributed by atoms with Crippen LogP contribution in [0.1, 0.15) is 15.9 Å². The topological polar surface area (TPSA) is 75.3 Å². The molecule has 3 aromatic carbocycles. The van der Waals surface area contributed by atoms with Gasteiger partial charge in [0.1, 0.15) is 0 Å². The minimum atomic E-state index is -3.78. The first kappa shape index (κ1) is 24.7. The Hall–Kier alpha value is -1.90. The fourth-order valence-electron chi connectivity index (χ4n) is 2.75. The molecule has 0 aliphatic carbocycles. The standard InChI is InChI=1S/C22H19Cl3N2O3S2/c23-19-7-4-8-20(24)18(19)14-31-12-11-26-22(28)17-13-15(9-10-21(17)25)27-32(29,30)16-5-2-1-3-6-16/h1-10,13,27H,11-12,14H2,(H,26,28). The molecule has 0 saturated carbocycles. The second-order valence-corrected chi connectivity index (χ2v) is 10.6.